The molecule has 0 unspecified atom stereocenters. The first kappa shape index (κ1) is 19.4. The molecule has 6 heteroatoms. The number of aryl methyl sites for hydroxylation is 2. The quantitative estimate of drug-likeness (QED) is 0.491. The lowest BCUT2D eigenvalue weighted by Crippen LogP contribution is -2.31. The summed E-state index contributed by atoms with van der Waals surface area (Å²) >= 11 is 1.81. The van der Waals surface area contributed by atoms with E-state index < -0.39 is 0 Å². The minimum absolute atomic E-state index is 0.166. The van der Waals surface area contributed by atoms with E-state index in [4.69, 9.17) is 5.10 Å². The molecule has 154 valence electrons. The van der Waals surface area contributed by atoms with Crippen LogP contribution in [0, 0.1) is 13.8 Å². The highest BCUT2D eigenvalue weighted by molar-refractivity contribution is 7.99. The van der Waals surface area contributed by atoms with Gasteiger partial charge in [-0.15, -0.1) is 0 Å². The second-order valence-corrected chi connectivity index (χ2v) is 10.00. The molecule has 30 heavy (non-hydrogen) atoms. The zero-order chi connectivity index (χ0) is 20.9. The Kier molecular flexibility index (Phi) is 4.71. The van der Waals surface area contributed by atoms with Crippen LogP contribution >= 0.6 is 11.8 Å². The molecule has 1 aliphatic heterocycles. The normalized spacial score (nSPS) is 18.3. The molecule has 4 heterocycles. The molecular formula is C24H27N5S. The SMILES string of the molecule is Cc1ccccc1Sc1cc(-c2cnn([C@@H]3CNC(C)(C)C3)c2)cn2ncc(C)c12. The van der Waals surface area contributed by atoms with Crippen molar-refractivity contribution in [3.05, 3.63) is 66.2 Å². The van der Waals surface area contributed by atoms with Crippen LogP contribution in [-0.2, 0) is 0 Å². The maximum absolute atomic E-state index is 4.69. The highest BCUT2D eigenvalue weighted by atomic mass is 32.2. The van der Waals surface area contributed by atoms with Crippen molar-refractivity contribution in [3.63, 3.8) is 0 Å². The Balaban J connectivity index is 1.54. The van der Waals surface area contributed by atoms with Crippen molar-refractivity contribution in [1.29, 1.82) is 0 Å². The van der Waals surface area contributed by atoms with Gasteiger partial charge < -0.3 is 5.32 Å². The molecule has 5 nitrogen and oxygen atoms in total. The van der Waals surface area contributed by atoms with Crippen LogP contribution in [0.15, 0.2) is 64.9 Å². The molecule has 1 fully saturated rings. The standard InChI is InChI=1S/C24H27N5S/c1-16-7-5-6-8-21(16)30-22-9-18(14-29-23(22)17(2)11-26-29)19-12-27-28(15-19)20-10-24(3,4)25-13-20/h5-9,11-12,14-15,20,25H,10,13H2,1-4H3/t20-/m0/s1. The highest BCUT2D eigenvalue weighted by Gasteiger charge is 2.31. The van der Waals surface area contributed by atoms with E-state index in [0.717, 1.165) is 24.1 Å². The van der Waals surface area contributed by atoms with E-state index in [1.54, 1.807) is 11.8 Å². The third-order valence-electron chi connectivity index (χ3n) is 5.94. The molecule has 0 aliphatic carbocycles. The van der Waals surface area contributed by atoms with Gasteiger partial charge in [-0.3, -0.25) is 4.68 Å². The Morgan fingerprint density at radius 2 is 1.83 bits per heavy atom. The molecule has 1 saturated heterocycles. The minimum atomic E-state index is 0.166. The molecule has 0 amide bonds. The maximum Gasteiger partial charge on any atom is 0.0830 e. The second kappa shape index (κ2) is 7.29. The summed E-state index contributed by atoms with van der Waals surface area (Å²) in [5, 5.41) is 12.9. The number of hydrogen-bond acceptors (Lipinski definition) is 4. The van der Waals surface area contributed by atoms with Crippen LogP contribution in [0.1, 0.15) is 37.4 Å². The van der Waals surface area contributed by atoms with Crippen molar-refractivity contribution in [2.75, 3.05) is 6.54 Å². The number of rotatable bonds is 4. The summed E-state index contributed by atoms with van der Waals surface area (Å²) < 4.78 is 4.12. The van der Waals surface area contributed by atoms with Crippen LogP contribution in [0.25, 0.3) is 16.6 Å². The number of nitrogens with one attached hydrogen (secondary N) is 1. The molecule has 0 bridgehead atoms. The van der Waals surface area contributed by atoms with Gasteiger partial charge in [-0.1, -0.05) is 30.0 Å². The first-order valence-electron chi connectivity index (χ1n) is 10.4. The summed E-state index contributed by atoms with van der Waals surface area (Å²) in [4.78, 5) is 2.49. The molecule has 1 aromatic carbocycles. The second-order valence-electron chi connectivity index (χ2n) is 8.91. The molecule has 0 saturated carbocycles. The van der Waals surface area contributed by atoms with Crippen LogP contribution in [0.4, 0.5) is 0 Å². The Hall–Kier alpha value is -2.57. The van der Waals surface area contributed by atoms with E-state index in [2.05, 4.69) is 85.5 Å². The number of fused-ring (bicyclic) bond motifs is 1. The Labute approximate surface area is 181 Å². The molecule has 1 N–H and O–H groups in total. The summed E-state index contributed by atoms with van der Waals surface area (Å²) in [7, 11) is 0. The van der Waals surface area contributed by atoms with Crippen molar-refractivity contribution >= 4 is 17.3 Å². The molecule has 0 radical (unpaired) electrons. The van der Waals surface area contributed by atoms with Crippen molar-refractivity contribution < 1.29 is 0 Å². The highest BCUT2D eigenvalue weighted by Crippen LogP contribution is 2.37. The van der Waals surface area contributed by atoms with E-state index in [9.17, 15) is 0 Å². The average molecular weight is 418 g/mol. The average Bonchev–Trinajstić information content (AvgIpc) is 3.42. The van der Waals surface area contributed by atoms with Gasteiger partial charge in [0.2, 0.25) is 0 Å². The smallest absolute Gasteiger partial charge is 0.0830 e. The summed E-state index contributed by atoms with van der Waals surface area (Å²) in [5.74, 6) is 0. The lowest BCUT2D eigenvalue weighted by Gasteiger charge is -2.17. The molecule has 1 aliphatic rings. The minimum Gasteiger partial charge on any atom is -0.310 e. The molecular weight excluding hydrogens is 390 g/mol. The van der Waals surface area contributed by atoms with E-state index in [-0.39, 0.29) is 5.54 Å². The number of benzene rings is 1. The zero-order valence-corrected chi connectivity index (χ0v) is 18.7. The van der Waals surface area contributed by atoms with Crippen molar-refractivity contribution in [1.82, 2.24) is 24.7 Å². The monoisotopic (exact) mass is 417 g/mol. The third-order valence-corrected chi connectivity index (χ3v) is 7.15. The Morgan fingerprint density at radius 3 is 2.60 bits per heavy atom. The number of hydrogen-bond donors (Lipinski definition) is 1. The summed E-state index contributed by atoms with van der Waals surface area (Å²) in [6.07, 6.45) is 9.29. The van der Waals surface area contributed by atoms with Gasteiger partial charge in [0, 0.05) is 45.4 Å². The summed E-state index contributed by atoms with van der Waals surface area (Å²) in [6.45, 7) is 9.74. The van der Waals surface area contributed by atoms with E-state index >= 15 is 0 Å². The number of pyridine rings is 1. The summed E-state index contributed by atoms with van der Waals surface area (Å²) in [5.41, 5.74) is 6.07. The van der Waals surface area contributed by atoms with E-state index in [1.807, 2.05) is 16.9 Å². The van der Waals surface area contributed by atoms with Gasteiger partial charge in [0.15, 0.2) is 0 Å². The number of nitrogens with zero attached hydrogens (tertiary/aromatic N) is 4. The predicted octanol–water partition coefficient (Wildman–Crippen LogP) is 5.28. The van der Waals surface area contributed by atoms with Crippen molar-refractivity contribution in [2.45, 2.75) is 55.5 Å². The van der Waals surface area contributed by atoms with Gasteiger partial charge in [0.25, 0.3) is 0 Å². The van der Waals surface area contributed by atoms with E-state index in [1.165, 1.54) is 26.4 Å². The number of aromatic nitrogens is 4. The Bertz CT molecular complexity index is 1220. The summed E-state index contributed by atoms with van der Waals surface area (Å²) in [6, 6.07) is 11.2. The first-order valence-corrected chi connectivity index (χ1v) is 11.2. The van der Waals surface area contributed by atoms with Gasteiger partial charge >= 0.3 is 0 Å². The zero-order valence-electron chi connectivity index (χ0n) is 17.9. The van der Waals surface area contributed by atoms with Gasteiger partial charge in [-0.2, -0.15) is 10.2 Å². The van der Waals surface area contributed by atoms with Gasteiger partial charge in [-0.05, 0) is 57.4 Å². The largest absolute Gasteiger partial charge is 0.310 e. The molecule has 1 atom stereocenters. The molecule has 5 rings (SSSR count). The third kappa shape index (κ3) is 3.55. The van der Waals surface area contributed by atoms with Crippen LogP contribution in [0.5, 0.6) is 0 Å². The maximum atomic E-state index is 4.69. The van der Waals surface area contributed by atoms with Crippen LogP contribution in [-0.4, -0.2) is 31.5 Å². The molecule has 0 spiro atoms. The van der Waals surface area contributed by atoms with Crippen molar-refractivity contribution in [2.24, 2.45) is 0 Å². The van der Waals surface area contributed by atoms with Gasteiger partial charge in [0.1, 0.15) is 0 Å². The topological polar surface area (TPSA) is 47.2 Å². The lowest BCUT2D eigenvalue weighted by molar-refractivity contribution is 0.423. The van der Waals surface area contributed by atoms with Gasteiger partial charge in [0.05, 0.1) is 24.0 Å². The molecule has 4 aromatic rings. The fraction of sp³-hybridized carbons (Fsp3) is 0.333. The fourth-order valence-corrected chi connectivity index (χ4v) is 5.41. The van der Waals surface area contributed by atoms with Crippen LogP contribution in [0.3, 0.4) is 0 Å². The predicted molar refractivity (Wildman–Crippen MR) is 122 cm³/mol. The fourth-order valence-electron chi connectivity index (χ4n) is 4.26. The van der Waals surface area contributed by atoms with E-state index in [0.29, 0.717) is 6.04 Å². The first-order chi connectivity index (χ1) is 14.4. The van der Waals surface area contributed by atoms with Crippen LogP contribution < -0.4 is 5.32 Å². The molecule has 3 aromatic heterocycles. The van der Waals surface area contributed by atoms with Crippen molar-refractivity contribution in [3.8, 4) is 11.1 Å². The van der Waals surface area contributed by atoms with Gasteiger partial charge in [-0.25, -0.2) is 4.52 Å². The lowest BCUT2D eigenvalue weighted by atomic mass is 10.0. The Morgan fingerprint density at radius 1 is 1.00 bits per heavy atom. The van der Waals surface area contributed by atoms with Crippen LogP contribution in [0.2, 0.25) is 0 Å².